The van der Waals surface area contributed by atoms with E-state index in [0.717, 1.165) is 29.2 Å². The SMILES string of the molecule is Cc1ccc2nc(CCl)n(CC3C(C)(C)C3(C)C)c2n1. The molecule has 0 amide bonds. The second kappa shape index (κ2) is 4.20. The highest BCUT2D eigenvalue weighted by atomic mass is 35.5. The molecule has 2 aromatic rings. The summed E-state index contributed by atoms with van der Waals surface area (Å²) in [6, 6.07) is 4.04. The number of fused-ring (bicyclic) bond motifs is 1. The summed E-state index contributed by atoms with van der Waals surface area (Å²) in [5.41, 5.74) is 3.66. The van der Waals surface area contributed by atoms with Gasteiger partial charge in [0.25, 0.3) is 0 Å². The van der Waals surface area contributed by atoms with Crippen LogP contribution in [0.4, 0.5) is 0 Å². The predicted octanol–water partition coefficient (Wildman–Crippen LogP) is 4.16. The standard InChI is InChI=1S/C16H22ClN3/c1-10-6-7-11-14(18-10)20(13(8-17)19-11)9-12-15(2,3)16(12,4)5/h6-7,12H,8-9H2,1-5H3. The summed E-state index contributed by atoms with van der Waals surface area (Å²) < 4.78 is 2.22. The van der Waals surface area contributed by atoms with E-state index in [0.29, 0.717) is 22.6 Å². The van der Waals surface area contributed by atoms with Crippen molar-refractivity contribution in [2.75, 3.05) is 0 Å². The van der Waals surface area contributed by atoms with Crippen molar-refractivity contribution in [1.29, 1.82) is 0 Å². The fraction of sp³-hybridized carbons (Fsp3) is 0.625. The van der Waals surface area contributed by atoms with Crippen LogP contribution in [0.15, 0.2) is 12.1 Å². The van der Waals surface area contributed by atoms with Gasteiger partial charge in [-0.1, -0.05) is 27.7 Å². The van der Waals surface area contributed by atoms with Crippen LogP contribution in [0.5, 0.6) is 0 Å². The summed E-state index contributed by atoms with van der Waals surface area (Å²) in [7, 11) is 0. The summed E-state index contributed by atoms with van der Waals surface area (Å²) in [5.74, 6) is 2.00. The van der Waals surface area contributed by atoms with Crippen molar-refractivity contribution in [3.63, 3.8) is 0 Å². The Bertz CT molecular complexity index is 656. The zero-order valence-electron chi connectivity index (χ0n) is 12.9. The molecule has 3 rings (SSSR count). The van der Waals surface area contributed by atoms with Gasteiger partial charge in [-0.15, -0.1) is 11.6 Å². The number of nitrogens with zero attached hydrogens (tertiary/aromatic N) is 3. The second-order valence-electron chi connectivity index (χ2n) is 7.06. The van der Waals surface area contributed by atoms with Crippen LogP contribution in [0.25, 0.3) is 11.2 Å². The largest absolute Gasteiger partial charge is 0.311 e. The van der Waals surface area contributed by atoms with Gasteiger partial charge in [0, 0.05) is 12.2 Å². The Hall–Kier alpha value is -1.09. The minimum absolute atomic E-state index is 0.358. The molecule has 3 nitrogen and oxygen atoms in total. The molecule has 0 spiro atoms. The fourth-order valence-electron chi connectivity index (χ4n) is 3.41. The van der Waals surface area contributed by atoms with Crippen LogP contribution in [0.2, 0.25) is 0 Å². The maximum atomic E-state index is 6.08. The molecule has 108 valence electrons. The number of rotatable bonds is 3. The zero-order chi connectivity index (χ0) is 14.7. The third-order valence-corrected chi connectivity index (χ3v) is 5.85. The first-order valence-electron chi connectivity index (χ1n) is 7.17. The molecule has 4 heteroatoms. The predicted molar refractivity (Wildman–Crippen MR) is 82.9 cm³/mol. The van der Waals surface area contributed by atoms with Crippen molar-refractivity contribution in [3.05, 3.63) is 23.7 Å². The molecule has 0 aliphatic heterocycles. The number of hydrogen-bond acceptors (Lipinski definition) is 2. The van der Waals surface area contributed by atoms with Crippen LogP contribution < -0.4 is 0 Å². The van der Waals surface area contributed by atoms with E-state index >= 15 is 0 Å². The molecule has 0 atom stereocenters. The molecule has 1 aliphatic rings. The lowest BCUT2D eigenvalue weighted by molar-refractivity contribution is 0.457. The molecule has 0 radical (unpaired) electrons. The Kier molecular flexibility index (Phi) is 2.91. The smallest absolute Gasteiger partial charge is 0.160 e. The van der Waals surface area contributed by atoms with Gasteiger partial charge in [-0.05, 0) is 35.8 Å². The van der Waals surface area contributed by atoms with Crippen LogP contribution in [-0.2, 0) is 12.4 Å². The summed E-state index contributed by atoms with van der Waals surface area (Å²) >= 11 is 6.08. The van der Waals surface area contributed by atoms with Crippen molar-refractivity contribution in [3.8, 4) is 0 Å². The molecule has 1 aliphatic carbocycles. The average Bonchev–Trinajstić information content (AvgIpc) is 2.69. The number of hydrogen-bond donors (Lipinski definition) is 0. The normalized spacial score (nSPS) is 20.5. The molecule has 0 unspecified atom stereocenters. The maximum Gasteiger partial charge on any atom is 0.160 e. The first-order chi connectivity index (χ1) is 9.29. The van der Waals surface area contributed by atoms with Crippen molar-refractivity contribution >= 4 is 22.8 Å². The first-order valence-corrected chi connectivity index (χ1v) is 7.71. The number of imidazole rings is 1. The summed E-state index contributed by atoms with van der Waals surface area (Å²) in [4.78, 5) is 9.28. The van der Waals surface area contributed by atoms with Gasteiger partial charge in [0.1, 0.15) is 11.3 Å². The van der Waals surface area contributed by atoms with E-state index in [9.17, 15) is 0 Å². The van der Waals surface area contributed by atoms with Gasteiger partial charge in [-0.3, -0.25) is 0 Å². The van der Waals surface area contributed by atoms with Gasteiger partial charge in [-0.2, -0.15) is 0 Å². The third-order valence-electron chi connectivity index (χ3n) is 5.61. The van der Waals surface area contributed by atoms with Crippen molar-refractivity contribution in [2.24, 2.45) is 16.7 Å². The second-order valence-corrected chi connectivity index (χ2v) is 7.33. The monoisotopic (exact) mass is 291 g/mol. The van der Waals surface area contributed by atoms with Crippen LogP contribution in [0.3, 0.4) is 0 Å². The molecule has 0 aromatic carbocycles. The lowest BCUT2D eigenvalue weighted by atomic mass is 10.0. The Morgan fingerprint density at radius 3 is 2.35 bits per heavy atom. The van der Waals surface area contributed by atoms with Crippen LogP contribution in [0, 0.1) is 23.7 Å². The maximum absolute atomic E-state index is 6.08. The minimum atomic E-state index is 0.358. The van der Waals surface area contributed by atoms with E-state index in [1.54, 1.807) is 0 Å². The Morgan fingerprint density at radius 2 is 1.80 bits per heavy atom. The molecule has 0 bridgehead atoms. The fourth-order valence-corrected chi connectivity index (χ4v) is 3.61. The van der Waals surface area contributed by atoms with Crippen LogP contribution in [-0.4, -0.2) is 14.5 Å². The first kappa shape index (κ1) is 13.9. The van der Waals surface area contributed by atoms with Gasteiger partial charge in [0.15, 0.2) is 5.65 Å². The molecule has 2 aromatic heterocycles. The van der Waals surface area contributed by atoms with E-state index < -0.39 is 0 Å². The average molecular weight is 292 g/mol. The number of halogens is 1. The summed E-state index contributed by atoms with van der Waals surface area (Å²) in [6.07, 6.45) is 0. The van der Waals surface area contributed by atoms with Crippen molar-refractivity contribution in [2.45, 2.75) is 47.0 Å². The number of alkyl halides is 1. The van der Waals surface area contributed by atoms with Crippen molar-refractivity contribution < 1.29 is 0 Å². The quantitative estimate of drug-likeness (QED) is 0.795. The molecular weight excluding hydrogens is 270 g/mol. The van der Waals surface area contributed by atoms with Gasteiger partial charge in [-0.25, -0.2) is 9.97 Å². The van der Waals surface area contributed by atoms with Crippen molar-refractivity contribution in [1.82, 2.24) is 14.5 Å². The highest BCUT2D eigenvalue weighted by Gasteiger charge is 2.64. The Balaban J connectivity index is 2.05. The Labute approximate surface area is 125 Å². The number of aromatic nitrogens is 3. The van der Waals surface area contributed by atoms with Gasteiger partial charge in [0.2, 0.25) is 0 Å². The molecule has 1 fully saturated rings. The lowest BCUT2D eigenvalue weighted by Crippen LogP contribution is -2.08. The number of pyridine rings is 1. The summed E-state index contributed by atoms with van der Waals surface area (Å²) in [5, 5.41) is 0. The molecular formula is C16H22ClN3. The highest BCUT2D eigenvalue weighted by Crippen LogP contribution is 2.69. The number of aryl methyl sites for hydroxylation is 1. The van der Waals surface area contributed by atoms with Gasteiger partial charge in [0.05, 0.1) is 5.88 Å². The lowest BCUT2D eigenvalue weighted by Gasteiger charge is -2.08. The zero-order valence-corrected chi connectivity index (χ0v) is 13.6. The molecule has 1 saturated carbocycles. The molecule has 2 heterocycles. The van der Waals surface area contributed by atoms with E-state index in [1.807, 2.05) is 19.1 Å². The Morgan fingerprint density at radius 1 is 1.15 bits per heavy atom. The minimum Gasteiger partial charge on any atom is -0.311 e. The molecule has 20 heavy (non-hydrogen) atoms. The highest BCUT2D eigenvalue weighted by molar-refractivity contribution is 6.16. The molecule has 0 saturated heterocycles. The topological polar surface area (TPSA) is 30.7 Å². The molecule has 0 N–H and O–H groups in total. The summed E-state index contributed by atoms with van der Waals surface area (Å²) in [6.45, 7) is 12.3. The van der Waals surface area contributed by atoms with Gasteiger partial charge < -0.3 is 4.57 Å². The van der Waals surface area contributed by atoms with E-state index in [-0.39, 0.29) is 0 Å². The van der Waals surface area contributed by atoms with E-state index in [1.165, 1.54) is 0 Å². The van der Waals surface area contributed by atoms with E-state index in [4.69, 9.17) is 11.6 Å². The van der Waals surface area contributed by atoms with E-state index in [2.05, 4.69) is 42.2 Å². The van der Waals surface area contributed by atoms with Gasteiger partial charge >= 0.3 is 0 Å². The third kappa shape index (κ3) is 1.79. The van der Waals surface area contributed by atoms with Crippen LogP contribution >= 0.6 is 11.6 Å². The van der Waals surface area contributed by atoms with Crippen LogP contribution in [0.1, 0.15) is 39.2 Å².